The highest BCUT2D eigenvalue weighted by Gasteiger charge is 2.06. The Morgan fingerprint density at radius 1 is 1.44 bits per heavy atom. The minimum Gasteiger partial charge on any atom is -0.481 e. The van der Waals surface area contributed by atoms with E-state index in [-0.39, 0.29) is 0 Å². The Bertz CT molecular complexity index is 551. The largest absolute Gasteiger partial charge is 0.481 e. The molecule has 6 heteroatoms. The molecule has 0 saturated carbocycles. The lowest BCUT2D eigenvalue weighted by Crippen LogP contribution is -2.04. The average Bonchev–Trinajstić information content (AvgIpc) is 2.38. The molecule has 0 radical (unpaired) electrons. The first kappa shape index (κ1) is 13.1. The maximum Gasteiger partial charge on any atom is 0.218 e. The predicted molar refractivity (Wildman–Crippen MR) is 75.1 cm³/mol. The summed E-state index contributed by atoms with van der Waals surface area (Å²) in [5.74, 6) is 1.23. The first-order chi connectivity index (χ1) is 8.70. The number of nitrogens with one attached hydrogen (secondary N) is 1. The van der Waals surface area contributed by atoms with E-state index in [0.717, 1.165) is 10.0 Å². The fourth-order valence-corrected chi connectivity index (χ4v) is 2.16. The molecular formula is C12H11BrClN3O. The quantitative estimate of drug-likeness (QED) is 0.933. The summed E-state index contributed by atoms with van der Waals surface area (Å²) in [5.41, 5.74) is 0.945. The van der Waals surface area contributed by atoms with Crippen molar-refractivity contribution in [2.45, 2.75) is 6.54 Å². The van der Waals surface area contributed by atoms with Crippen LogP contribution in [-0.4, -0.2) is 17.1 Å². The molecule has 1 N–H and O–H groups in total. The second kappa shape index (κ2) is 6.02. The number of nitrogens with zero attached hydrogens (tertiary/aromatic N) is 2. The smallest absolute Gasteiger partial charge is 0.218 e. The van der Waals surface area contributed by atoms with Gasteiger partial charge in [0.05, 0.1) is 12.1 Å². The molecule has 0 aliphatic carbocycles. The Hall–Kier alpha value is -1.33. The van der Waals surface area contributed by atoms with Gasteiger partial charge in [0, 0.05) is 29.0 Å². The highest BCUT2D eigenvalue weighted by Crippen LogP contribution is 2.24. The second-order valence-corrected chi connectivity index (χ2v) is 4.83. The zero-order chi connectivity index (χ0) is 13.0. The summed E-state index contributed by atoms with van der Waals surface area (Å²) in [5, 5.41) is 3.71. The molecule has 0 fully saturated rings. The van der Waals surface area contributed by atoms with Crippen LogP contribution in [0.25, 0.3) is 0 Å². The predicted octanol–water partition coefficient (Wildman–Crippen LogP) is 3.51. The number of ether oxygens (including phenoxy) is 1. The van der Waals surface area contributed by atoms with Crippen molar-refractivity contribution in [1.82, 2.24) is 9.97 Å². The third kappa shape index (κ3) is 3.11. The summed E-state index contributed by atoms with van der Waals surface area (Å²) in [7, 11) is 1.59. The zero-order valence-corrected chi connectivity index (χ0v) is 12.0. The number of anilines is 1. The summed E-state index contributed by atoms with van der Waals surface area (Å²) >= 11 is 9.38. The van der Waals surface area contributed by atoms with Gasteiger partial charge in [0.1, 0.15) is 5.82 Å². The molecule has 2 aromatic rings. The maximum absolute atomic E-state index is 6.07. The molecule has 0 aromatic carbocycles. The topological polar surface area (TPSA) is 47.0 Å². The van der Waals surface area contributed by atoms with E-state index in [9.17, 15) is 0 Å². The van der Waals surface area contributed by atoms with Gasteiger partial charge >= 0.3 is 0 Å². The lowest BCUT2D eigenvalue weighted by Gasteiger charge is -2.09. The third-order valence-electron chi connectivity index (χ3n) is 2.30. The fraction of sp³-hybridized carbons (Fsp3) is 0.167. The van der Waals surface area contributed by atoms with Gasteiger partial charge in [-0.2, -0.15) is 0 Å². The van der Waals surface area contributed by atoms with Gasteiger partial charge in [-0.05, 0) is 28.1 Å². The molecule has 18 heavy (non-hydrogen) atoms. The molecule has 0 aliphatic rings. The number of aromatic nitrogens is 2. The summed E-state index contributed by atoms with van der Waals surface area (Å²) in [4.78, 5) is 8.32. The summed E-state index contributed by atoms with van der Waals surface area (Å²) in [6, 6.07) is 5.58. The van der Waals surface area contributed by atoms with Crippen LogP contribution < -0.4 is 10.1 Å². The van der Waals surface area contributed by atoms with Crippen LogP contribution >= 0.6 is 27.5 Å². The zero-order valence-electron chi connectivity index (χ0n) is 9.65. The Morgan fingerprint density at radius 3 is 3.00 bits per heavy atom. The summed E-state index contributed by atoms with van der Waals surface area (Å²) < 4.78 is 6.02. The minimum absolute atomic E-state index is 0.547. The van der Waals surface area contributed by atoms with Crippen LogP contribution in [0.1, 0.15) is 5.56 Å². The highest BCUT2D eigenvalue weighted by atomic mass is 79.9. The van der Waals surface area contributed by atoms with Crippen molar-refractivity contribution in [2.24, 2.45) is 0 Å². The van der Waals surface area contributed by atoms with Crippen LogP contribution in [0.2, 0.25) is 5.02 Å². The minimum atomic E-state index is 0.547. The van der Waals surface area contributed by atoms with Gasteiger partial charge in [0.25, 0.3) is 0 Å². The normalized spacial score (nSPS) is 10.2. The van der Waals surface area contributed by atoms with Gasteiger partial charge in [-0.15, -0.1) is 0 Å². The van der Waals surface area contributed by atoms with E-state index in [1.54, 1.807) is 25.6 Å². The first-order valence-electron chi connectivity index (χ1n) is 5.23. The van der Waals surface area contributed by atoms with E-state index in [1.807, 2.05) is 12.1 Å². The van der Waals surface area contributed by atoms with Crippen molar-refractivity contribution in [3.8, 4) is 5.88 Å². The third-order valence-corrected chi connectivity index (χ3v) is 3.02. The molecule has 0 atom stereocenters. The molecule has 0 spiro atoms. The van der Waals surface area contributed by atoms with Crippen LogP contribution in [-0.2, 0) is 6.54 Å². The Labute approximate surface area is 118 Å². The SMILES string of the molecule is COc1ncccc1CNc1ncc(Br)cc1Cl. The van der Waals surface area contributed by atoms with Crippen LogP contribution in [0.5, 0.6) is 5.88 Å². The Balaban J connectivity index is 2.11. The Morgan fingerprint density at radius 2 is 2.28 bits per heavy atom. The van der Waals surface area contributed by atoms with Gasteiger partial charge in [-0.3, -0.25) is 0 Å². The first-order valence-corrected chi connectivity index (χ1v) is 6.40. The summed E-state index contributed by atoms with van der Waals surface area (Å²) in [6.07, 6.45) is 3.38. The molecule has 0 saturated heterocycles. The van der Waals surface area contributed by atoms with Crippen molar-refractivity contribution in [3.63, 3.8) is 0 Å². The second-order valence-electron chi connectivity index (χ2n) is 3.51. The van der Waals surface area contributed by atoms with Gasteiger partial charge in [-0.1, -0.05) is 17.7 Å². The standard InChI is InChI=1S/C12H11BrClN3O/c1-18-12-8(3-2-4-15-12)6-16-11-10(14)5-9(13)7-17-11/h2-5,7H,6H2,1H3,(H,16,17). The monoisotopic (exact) mass is 327 g/mol. The number of methoxy groups -OCH3 is 1. The highest BCUT2D eigenvalue weighted by molar-refractivity contribution is 9.10. The fourth-order valence-electron chi connectivity index (χ4n) is 1.47. The molecule has 0 aliphatic heterocycles. The number of halogens is 2. The van der Waals surface area contributed by atoms with E-state index in [4.69, 9.17) is 16.3 Å². The molecule has 4 nitrogen and oxygen atoms in total. The number of hydrogen-bond acceptors (Lipinski definition) is 4. The van der Waals surface area contributed by atoms with Crippen molar-refractivity contribution >= 4 is 33.3 Å². The summed E-state index contributed by atoms with van der Waals surface area (Å²) in [6.45, 7) is 0.547. The van der Waals surface area contributed by atoms with Crippen LogP contribution in [0.3, 0.4) is 0 Å². The van der Waals surface area contributed by atoms with Gasteiger partial charge in [0.2, 0.25) is 5.88 Å². The molecule has 0 unspecified atom stereocenters. The van der Waals surface area contributed by atoms with Gasteiger partial charge < -0.3 is 10.1 Å². The van der Waals surface area contributed by atoms with Gasteiger partial charge in [0.15, 0.2) is 0 Å². The maximum atomic E-state index is 6.07. The Kier molecular flexibility index (Phi) is 4.38. The van der Waals surface area contributed by atoms with Crippen molar-refractivity contribution < 1.29 is 4.74 Å². The van der Waals surface area contributed by atoms with Crippen LogP contribution in [0.15, 0.2) is 35.1 Å². The van der Waals surface area contributed by atoms with Crippen molar-refractivity contribution in [1.29, 1.82) is 0 Å². The average molecular weight is 329 g/mol. The van der Waals surface area contributed by atoms with E-state index in [2.05, 4.69) is 31.2 Å². The van der Waals surface area contributed by atoms with E-state index in [1.165, 1.54) is 0 Å². The van der Waals surface area contributed by atoms with Crippen molar-refractivity contribution in [3.05, 3.63) is 45.7 Å². The molecule has 2 rings (SSSR count). The van der Waals surface area contributed by atoms with E-state index >= 15 is 0 Å². The molecule has 0 bridgehead atoms. The lowest BCUT2D eigenvalue weighted by atomic mass is 10.2. The molecular weight excluding hydrogens is 318 g/mol. The van der Waals surface area contributed by atoms with E-state index < -0.39 is 0 Å². The lowest BCUT2D eigenvalue weighted by molar-refractivity contribution is 0.393. The molecule has 2 heterocycles. The molecule has 0 amide bonds. The van der Waals surface area contributed by atoms with Crippen LogP contribution in [0.4, 0.5) is 5.82 Å². The van der Waals surface area contributed by atoms with Gasteiger partial charge in [-0.25, -0.2) is 9.97 Å². The molecule has 94 valence electrons. The number of hydrogen-bond donors (Lipinski definition) is 1. The van der Waals surface area contributed by atoms with E-state index in [0.29, 0.717) is 23.3 Å². The number of pyridine rings is 2. The molecule has 2 aromatic heterocycles. The van der Waals surface area contributed by atoms with Crippen LogP contribution in [0, 0.1) is 0 Å². The van der Waals surface area contributed by atoms with Crippen molar-refractivity contribution in [2.75, 3.05) is 12.4 Å². The number of rotatable bonds is 4.